The van der Waals surface area contributed by atoms with Crippen molar-refractivity contribution < 1.29 is 9.59 Å². The third kappa shape index (κ3) is 4.54. The van der Waals surface area contributed by atoms with Gasteiger partial charge in [-0.1, -0.05) is 13.8 Å². The zero-order valence-corrected chi connectivity index (χ0v) is 17.9. The van der Waals surface area contributed by atoms with Gasteiger partial charge in [-0.25, -0.2) is 9.97 Å². The Balaban J connectivity index is 1.29. The molecule has 0 N–H and O–H groups in total. The summed E-state index contributed by atoms with van der Waals surface area (Å²) in [7, 11) is 0. The number of aryl methyl sites for hydroxylation is 1. The SMILES string of the molecule is Cc1cc(N2CCN(C(=O)C3CCN(C(=O)C4CC4)CC3)CC2)nc(C(C)C)n1. The highest BCUT2D eigenvalue weighted by molar-refractivity contribution is 5.82. The van der Waals surface area contributed by atoms with E-state index in [1.165, 1.54) is 0 Å². The highest BCUT2D eigenvalue weighted by Crippen LogP contribution is 2.32. The van der Waals surface area contributed by atoms with Crippen LogP contribution in [0.25, 0.3) is 0 Å². The van der Waals surface area contributed by atoms with E-state index in [1.54, 1.807) is 0 Å². The number of rotatable bonds is 4. The van der Waals surface area contributed by atoms with E-state index >= 15 is 0 Å². The minimum absolute atomic E-state index is 0.0682. The van der Waals surface area contributed by atoms with Gasteiger partial charge in [0.25, 0.3) is 0 Å². The lowest BCUT2D eigenvalue weighted by atomic mass is 9.94. The summed E-state index contributed by atoms with van der Waals surface area (Å²) in [5, 5.41) is 0. The van der Waals surface area contributed by atoms with Crippen LogP contribution in [-0.4, -0.2) is 70.9 Å². The number of aromatic nitrogens is 2. The van der Waals surface area contributed by atoms with Gasteiger partial charge in [0.05, 0.1) is 0 Å². The van der Waals surface area contributed by atoms with Crippen LogP contribution >= 0.6 is 0 Å². The van der Waals surface area contributed by atoms with Gasteiger partial charge < -0.3 is 14.7 Å². The van der Waals surface area contributed by atoms with Gasteiger partial charge in [-0.15, -0.1) is 0 Å². The fourth-order valence-corrected chi connectivity index (χ4v) is 4.34. The van der Waals surface area contributed by atoms with E-state index in [0.717, 1.165) is 82.3 Å². The van der Waals surface area contributed by atoms with Crippen LogP contribution in [0, 0.1) is 18.8 Å². The van der Waals surface area contributed by atoms with Crippen LogP contribution < -0.4 is 4.90 Å². The van der Waals surface area contributed by atoms with E-state index < -0.39 is 0 Å². The summed E-state index contributed by atoms with van der Waals surface area (Å²) < 4.78 is 0. The summed E-state index contributed by atoms with van der Waals surface area (Å²) in [5.74, 6) is 3.08. The fraction of sp³-hybridized carbons (Fsp3) is 0.727. The summed E-state index contributed by atoms with van der Waals surface area (Å²) in [4.78, 5) is 40.7. The van der Waals surface area contributed by atoms with Gasteiger partial charge in [-0.05, 0) is 32.6 Å². The molecule has 1 saturated carbocycles. The van der Waals surface area contributed by atoms with E-state index in [2.05, 4.69) is 23.7 Å². The summed E-state index contributed by atoms with van der Waals surface area (Å²) >= 11 is 0. The molecule has 29 heavy (non-hydrogen) atoms. The van der Waals surface area contributed by atoms with Crippen molar-refractivity contribution in [2.24, 2.45) is 11.8 Å². The van der Waals surface area contributed by atoms with E-state index in [1.807, 2.05) is 22.8 Å². The Hall–Kier alpha value is -2.18. The van der Waals surface area contributed by atoms with E-state index in [4.69, 9.17) is 4.98 Å². The highest BCUT2D eigenvalue weighted by Gasteiger charge is 2.37. The normalized spacial score (nSPS) is 21.0. The number of carbonyl (C=O) groups is 2. The van der Waals surface area contributed by atoms with Crippen molar-refractivity contribution in [1.29, 1.82) is 0 Å². The topological polar surface area (TPSA) is 69.6 Å². The molecule has 0 spiro atoms. The van der Waals surface area contributed by atoms with Gasteiger partial charge >= 0.3 is 0 Å². The Labute approximate surface area is 173 Å². The summed E-state index contributed by atoms with van der Waals surface area (Å²) in [6.45, 7) is 10.8. The molecule has 0 bridgehead atoms. The van der Waals surface area contributed by atoms with Crippen LogP contribution in [0.2, 0.25) is 0 Å². The summed E-state index contributed by atoms with van der Waals surface area (Å²) in [6, 6.07) is 2.04. The average molecular weight is 400 g/mol. The first-order chi connectivity index (χ1) is 13.9. The van der Waals surface area contributed by atoms with Gasteiger partial charge in [0.15, 0.2) is 0 Å². The molecule has 4 rings (SSSR count). The molecule has 7 heteroatoms. The predicted octanol–water partition coefficient (Wildman–Crippen LogP) is 2.21. The number of likely N-dealkylation sites (tertiary alicyclic amines) is 1. The highest BCUT2D eigenvalue weighted by atomic mass is 16.2. The lowest BCUT2D eigenvalue weighted by Crippen LogP contribution is -2.52. The molecule has 2 saturated heterocycles. The van der Waals surface area contributed by atoms with Crippen LogP contribution in [0.5, 0.6) is 0 Å². The zero-order valence-electron chi connectivity index (χ0n) is 17.9. The summed E-state index contributed by atoms with van der Waals surface area (Å²) in [6.07, 6.45) is 3.71. The molecule has 3 heterocycles. The minimum Gasteiger partial charge on any atom is -0.353 e. The van der Waals surface area contributed by atoms with Crippen molar-refractivity contribution in [3.05, 3.63) is 17.6 Å². The Bertz CT molecular complexity index is 760. The second-order valence-corrected chi connectivity index (χ2v) is 9.07. The number of anilines is 1. The molecule has 3 aliphatic rings. The van der Waals surface area contributed by atoms with Crippen molar-refractivity contribution in [2.75, 3.05) is 44.2 Å². The molecule has 7 nitrogen and oxygen atoms in total. The maximum atomic E-state index is 13.0. The van der Waals surface area contributed by atoms with Crippen molar-refractivity contribution in [3.63, 3.8) is 0 Å². The van der Waals surface area contributed by atoms with Crippen LogP contribution in [0.3, 0.4) is 0 Å². The van der Waals surface area contributed by atoms with Crippen LogP contribution in [-0.2, 0) is 9.59 Å². The van der Waals surface area contributed by atoms with Crippen LogP contribution in [0.1, 0.15) is 57.0 Å². The van der Waals surface area contributed by atoms with E-state index in [0.29, 0.717) is 11.8 Å². The standard InChI is InChI=1S/C22H33N5O2/c1-15(2)20-23-16(3)14-19(24-20)25-10-12-27(13-11-25)22(29)18-6-8-26(9-7-18)21(28)17-4-5-17/h14-15,17-18H,4-13H2,1-3H3. The van der Waals surface area contributed by atoms with E-state index in [9.17, 15) is 9.59 Å². The number of carbonyl (C=O) groups excluding carboxylic acids is 2. The van der Waals surface area contributed by atoms with Crippen LogP contribution in [0.4, 0.5) is 5.82 Å². The Morgan fingerprint density at radius 1 is 0.862 bits per heavy atom. The van der Waals surface area contributed by atoms with Gasteiger partial charge in [0, 0.05) is 68.8 Å². The molecule has 158 valence electrons. The molecular formula is C22H33N5O2. The molecular weight excluding hydrogens is 366 g/mol. The minimum atomic E-state index is 0.0682. The largest absolute Gasteiger partial charge is 0.353 e. The second-order valence-electron chi connectivity index (χ2n) is 9.07. The Kier molecular flexibility index (Phi) is 5.74. The number of hydrogen-bond acceptors (Lipinski definition) is 5. The number of piperidine rings is 1. The van der Waals surface area contributed by atoms with Gasteiger partial charge in [0.2, 0.25) is 11.8 Å². The fourth-order valence-electron chi connectivity index (χ4n) is 4.34. The Morgan fingerprint density at radius 3 is 1.97 bits per heavy atom. The average Bonchev–Trinajstić information content (AvgIpc) is 3.58. The maximum absolute atomic E-state index is 13.0. The predicted molar refractivity (Wildman–Crippen MR) is 112 cm³/mol. The molecule has 2 aliphatic heterocycles. The second kappa shape index (κ2) is 8.28. The van der Waals surface area contributed by atoms with Crippen molar-refractivity contribution >= 4 is 17.6 Å². The maximum Gasteiger partial charge on any atom is 0.225 e. The molecule has 0 unspecified atom stereocenters. The summed E-state index contributed by atoms with van der Waals surface area (Å²) in [5.41, 5.74) is 0.990. The zero-order chi connectivity index (χ0) is 20.5. The molecule has 0 atom stereocenters. The number of amides is 2. The molecule has 1 aromatic heterocycles. The number of piperazine rings is 1. The van der Waals surface area contributed by atoms with E-state index in [-0.39, 0.29) is 17.7 Å². The smallest absolute Gasteiger partial charge is 0.225 e. The first-order valence-corrected chi connectivity index (χ1v) is 11.1. The molecule has 2 amide bonds. The van der Waals surface area contributed by atoms with Crippen molar-refractivity contribution in [1.82, 2.24) is 19.8 Å². The number of hydrogen-bond donors (Lipinski definition) is 0. The lowest BCUT2D eigenvalue weighted by Gasteiger charge is -2.39. The number of nitrogens with zero attached hydrogens (tertiary/aromatic N) is 5. The van der Waals surface area contributed by atoms with Crippen LogP contribution in [0.15, 0.2) is 6.07 Å². The lowest BCUT2D eigenvalue weighted by molar-refractivity contribution is -0.141. The van der Waals surface area contributed by atoms with Gasteiger partial charge in [-0.3, -0.25) is 9.59 Å². The molecule has 0 radical (unpaired) electrons. The molecule has 1 aliphatic carbocycles. The monoisotopic (exact) mass is 399 g/mol. The quantitative estimate of drug-likeness (QED) is 0.776. The molecule has 1 aromatic rings. The third-order valence-corrected chi connectivity index (χ3v) is 6.37. The van der Waals surface area contributed by atoms with Crippen molar-refractivity contribution in [3.8, 4) is 0 Å². The third-order valence-electron chi connectivity index (χ3n) is 6.37. The van der Waals surface area contributed by atoms with Gasteiger partial charge in [0.1, 0.15) is 11.6 Å². The first-order valence-electron chi connectivity index (χ1n) is 11.1. The van der Waals surface area contributed by atoms with Crippen molar-refractivity contribution in [2.45, 2.75) is 52.4 Å². The van der Waals surface area contributed by atoms with Gasteiger partial charge in [-0.2, -0.15) is 0 Å². The Morgan fingerprint density at radius 2 is 1.41 bits per heavy atom. The molecule has 0 aromatic carbocycles. The molecule has 3 fully saturated rings. The first kappa shape index (κ1) is 20.1.